The Morgan fingerprint density at radius 2 is 1.80 bits per heavy atom. The average molecular weight is 625 g/mol. The first-order chi connectivity index (χ1) is 20.8. The van der Waals surface area contributed by atoms with Gasteiger partial charge >= 0.3 is 5.97 Å². The van der Waals surface area contributed by atoms with Crippen molar-refractivity contribution >= 4 is 13.3 Å². The first-order valence-electron chi connectivity index (χ1n) is 15.5. The maximum Gasteiger partial charge on any atom is 0.343 e. The van der Waals surface area contributed by atoms with Crippen molar-refractivity contribution in [2.75, 3.05) is 26.5 Å². The van der Waals surface area contributed by atoms with E-state index in [1.807, 2.05) is 44.2 Å². The summed E-state index contributed by atoms with van der Waals surface area (Å²) < 4.78 is 45.0. The second-order valence-electron chi connectivity index (χ2n) is 12.4. The van der Waals surface area contributed by atoms with Crippen LogP contribution in [0.4, 0.5) is 4.39 Å². The standard InChI is InChI=1S/C35H46FN2O5P/c1-9-42-44(8,40)21-32(25-13-14-25)26-11-10-12-28(16-26)43-35(39)29-17-27(20-38(22(2)3)23(4)5)30(15-24(29)6)31-18-34(41-7)37-19-33(31)36/h10-12,15-19,22-23,25,32H,9,13-14,20-21H2,1-8H3/t32-,44-/m1/s1. The van der Waals surface area contributed by atoms with E-state index in [1.165, 1.54) is 7.11 Å². The van der Waals surface area contributed by atoms with Gasteiger partial charge in [-0.3, -0.25) is 9.46 Å². The lowest BCUT2D eigenvalue weighted by molar-refractivity contribution is 0.0733. The molecule has 0 amide bonds. The Bertz CT molecular complexity index is 1510. The summed E-state index contributed by atoms with van der Waals surface area (Å²) in [5, 5.41) is 0. The number of carbonyl (C=O) groups excluding carboxylic acids is 1. The zero-order valence-electron chi connectivity index (χ0n) is 27.2. The van der Waals surface area contributed by atoms with E-state index in [2.05, 4.69) is 37.6 Å². The molecule has 0 saturated heterocycles. The molecule has 3 aromatic rings. The number of aryl methyl sites for hydroxylation is 1. The molecule has 2 atom stereocenters. The first-order valence-corrected chi connectivity index (χ1v) is 17.7. The first kappa shape index (κ1) is 33.8. The molecule has 4 rings (SSSR count). The van der Waals surface area contributed by atoms with Crippen LogP contribution in [0.25, 0.3) is 11.1 Å². The Kier molecular flexibility index (Phi) is 11.0. The largest absolute Gasteiger partial charge is 0.481 e. The van der Waals surface area contributed by atoms with Gasteiger partial charge in [0, 0.05) is 43.1 Å². The molecule has 0 radical (unpaired) electrons. The van der Waals surface area contributed by atoms with Crippen LogP contribution in [0.15, 0.2) is 48.7 Å². The molecule has 44 heavy (non-hydrogen) atoms. The molecule has 1 aromatic heterocycles. The summed E-state index contributed by atoms with van der Waals surface area (Å²) in [7, 11) is -1.25. The molecule has 1 saturated carbocycles. The Hall–Kier alpha value is -3.06. The maximum atomic E-state index is 15.2. The van der Waals surface area contributed by atoms with E-state index in [4.69, 9.17) is 14.0 Å². The zero-order valence-corrected chi connectivity index (χ0v) is 28.1. The number of pyridine rings is 1. The van der Waals surface area contributed by atoms with Crippen molar-refractivity contribution in [1.82, 2.24) is 9.88 Å². The fraction of sp³-hybridized carbons (Fsp3) is 0.486. The highest BCUT2D eigenvalue weighted by atomic mass is 31.2. The Balaban J connectivity index is 1.69. The number of carbonyl (C=O) groups is 1. The Morgan fingerprint density at radius 3 is 2.41 bits per heavy atom. The van der Waals surface area contributed by atoms with Gasteiger partial charge in [-0.25, -0.2) is 14.2 Å². The lowest BCUT2D eigenvalue weighted by Gasteiger charge is -2.31. The number of hydrogen-bond donors (Lipinski definition) is 0. The van der Waals surface area contributed by atoms with Crippen LogP contribution in [-0.4, -0.2) is 54.5 Å². The van der Waals surface area contributed by atoms with Crippen LogP contribution in [0.1, 0.15) is 80.4 Å². The van der Waals surface area contributed by atoms with Crippen LogP contribution in [-0.2, 0) is 15.6 Å². The lowest BCUT2D eigenvalue weighted by Crippen LogP contribution is -2.36. The fourth-order valence-corrected chi connectivity index (χ4v) is 7.80. The smallest absolute Gasteiger partial charge is 0.343 e. The molecule has 238 valence electrons. The van der Waals surface area contributed by atoms with Crippen molar-refractivity contribution in [2.45, 2.75) is 78.9 Å². The average Bonchev–Trinajstić information content (AvgIpc) is 3.80. The molecule has 1 aliphatic rings. The summed E-state index contributed by atoms with van der Waals surface area (Å²) >= 11 is 0. The van der Waals surface area contributed by atoms with Crippen molar-refractivity contribution in [2.24, 2.45) is 5.92 Å². The van der Waals surface area contributed by atoms with Gasteiger partial charge in [0.25, 0.3) is 0 Å². The number of rotatable bonds is 14. The monoisotopic (exact) mass is 624 g/mol. The summed E-state index contributed by atoms with van der Waals surface area (Å²) in [5.41, 5.74) is 3.92. The molecule has 0 aliphatic heterocycles. The number of ether oxygens (including phenoxy) is 2. The van der Waals surface area contributed by atoms with E-state index < -0.39 is 19.2 Å². The van der Waals surface area contributed by atoms with Crippen molar-refractivity contribution in [3.63, 3.8) is 0 Å². The number of aromatic nitrogens is 1. The van der Waals surface area contributed by atoms with Gasteiger partial charge in [-0.2, -0.15) is 0 Å². The summed E-state index contributed by atoms with van der Waals surface area (Å²) in [6.45, 7) is 14.8. The van der Waals surface area contributed by atoms with Crippen molar-refractivity contribution in [3.05, 3.63) is 76.7 Å². The number of halogens is 1. The minimum Gasteiger partial charge on any atom is -0.481 e. The highest BCUT2D eigenvalue weighted by Gasteiger charge is 2.36. The number of methoxy groups -OCH3 is 1. The summed E-state index contributed by atoms with van der Waals surface area (Å²) in [4.78, 5) is 20.0. The van der Waals surface area contributed by atoms with E-state index in [9.17, 15) is 9.36 Å². The third-order valence-electron chi connectivity index (χ3n) is 8.30. The topological polar surface area (TPSA) is 78.0 Å². The second kappa shape index (κ2) is 14.4. The zero-order chi connectivity index (χ0) is 32.2. The molecule has 9 heteroatoms. The Labute approximate surface area is 261 Å². The van der Waals surface area contributed by atoms with Crippen molar-refractivity contribution < 1.29 is 27.7 Å². The highest BCUT2D eigenvalue weighted by Crippen LogP contribution is 2.53. The number of hydrogen-bond acceptors (Lipinski definition) is 7. The van der Waals surface area contributed by atoms with Gasteiger partial charge in [-0.1, -0.05) is 18.2 Å². The molecule has 1 aliphatic carbocycles. The quantitative estimate of drug-likeness (QED) is 0.101. The lowest BCUT2D eigenvalue weighted by atomic mass is 9.93. The molecule has 2 aromatic carbocycles. The minimum absolute atomic E-state index is 0.0777. The van der Waals surface area contributed by atoms with Crippen LogP contribution in [0, 0.1) is 18.7 Å². The number of nitrogens with zero attached hydrogens (tertiary/aromatic N) is 2. The third kappa shape index (κ3) is 8.35. The fourth-order valence-electron chi connectivity index (χ4n) is 5.93. The maximum absolute atomic E-state index is 15.2. The van der Waals surface area contributed by atoms with Crippen LogP contribution < -0.4 is 9.47 Å². The van der Waals surface area contributed by atoms with Gasteiger partial charge < -0.3 is 14.0 Å². The molecule has 1 heterocycles. The van der Waals surface area contributed by atoms with E-state index in [1.54, 1.807) is 18.8 Å². The summed E-state index contributed by atoms with van der Waals surface area (Å²) in [5.74, 6) is 0.312. The van der Waals surface area contributed by atoms with Crippen LogP contribution >= 0.6 is 7.37 Å². The summed E-state index contributed by atoms with van der Waals surface area (Å²) in [6, 6.07) is 13.2. The van der Waals surface area contributed by atoms with Crippen LogP contribution in [0.3, 0.4) is 0 Å². The molecular weight excluding hydrogens is 578 g/mol. The molecule has 1 fully saturated rings. The Morgan fingerprint density at radius 1 is 1.09 bits per heavy atom. The summed E-state index contributed by atoms with van der Waals surface area (Å²) in [6.07, 6.45) is 3.79. The third-order valence-corrected chi connectivity index (χ3v) is 10.2. The number of esters is 1. The predicted molar refractivity (Wildman–Crippen MR) is 174 cm³/mol. The second-order valence-corrected chi connectivity index (χ2v) is 15.1. The predicted octanol–water partition coefficient (Wildman–Crippen LogP) is 8.48. The van der Waals surface area contributed by atoms with Crippen molar-refractivity contribution in [3.8, 4) is 22.8 Å². The van der Waals surface area contributed by atoms with E-state index >= 15 is 4.39 Å². The highest BCUT2D eigenvalue weighted by molar-refractivity contribution is 7.58. The van der Waals surface area contributed by atoms with E-state index in [0.29, 0.717) is 59.1 Å². The van der Waals surface area contributed by atoms with E-state index in [-0.39, 0.29) is 18.0 Å². The normalized spacial score (nSPS) is 15.5. The molecule has 0 N–H and O–H groups in total. The molecule has 0 unspecified atom stereocenters. The van der Waals surface area contributed by atoms with Gasteiger partial charge in [0.2, 0.25) is 13.2 Å². The van der Waals surface area contributed by atoms with Gasteiger partial charge in [-0.05, 0) is 107 Å². The number of benzene rings is 2. The SMILES string of the molecule is CCO[P@@](C)(=O)C[C@@H](c1cccc(OC(=O)c2cc(CN(C(C)C)C(C)C)c(-c3cc(OC)ncc3F)cc2C)c1)C1CC1. The van der Waals surface area contributed by atoms with Crippen molar-refractivity contribution in [1.29, 1.82) is 0 Å². The van der Waals surface area contributed by atoms with Gasteiger partial charge in [0.15, 0.2) is 0 Å². The molecule has 0 spiro atoms. The van der Waals surface area contributed by atoms with E-state index in [0.717, 1.165) is 30.2 Å². The van der Waals surface area contributed by atoms with Gasteiger partial charge in [-0.15, -0.1) is 0 Å². The van der Waals surface area contributed by atoms with Gasteiger partial charge in [0.05, 0.1) is 25.5 Å². The van der Waals surface area contributed by atoms with Gasteiger partial charge in [0.1, 0.15) is 11.6 Å². The molecular formula is C35H46FN2O5P. The van der Waals surface area contributed by atoms with Crippen LogP contribution in [0.5, 0.6) is 11.6 Å². The molecule has 7 nitrogen and oxygen atoms in total. The molecule has 0 bridgehead atoms. The minimum atomic E-state index is -2.75. The van der Waals surface area contributed by atoms with Crippen LogP contribution in [0.2, 0.25) is 0 Å².